The zero-order valence-corrected chi connectivity index (χ0v) is 21.2. The van der Waals surface area contributed by atoms with Crippen molar-refractivity contribution in [3.63, 3.8) is 0 Å². The molecular formula is C29H36F2N2O4. The fraction of sp³-hybridized carbons (Fsp3) is 0.483. The van der Waals surface area contributed by atoms with Crippen molar-refractivity contribution >= 4 is 5.91 Å². The van der Waals surface area contributed by atoms with Gasteiger partial charge < -0.3 is 25.2 Å². The quantitative estimate of drug-likeness (QED) is 0.506. The Morgan fingerprint density at radius 1 is 1.11 bits per heavy atom. The van der Waals surface area contributed by atoms with Crippen molar-refractivity contribution < 1.29 is 28.2 Å². The topological polar surface area (TPSA) is 79.8 Å². The molecule has 0 fully saturated rings. The monoisotopic (exact) mass is 514 g/mol. The number of rotatable bonds is 5. The fourth-order valence-corrected chi connectivity index (χ4v) is 4.96. The minimum absolute atomic E-state index is 0.0836. The van der Waals surface area contributed by atoms with Gasteiger partial charge in [-0.2, -0.15) is 0 Å². The summed E-state index contributed by atoms with van der Waals surface area (Å²) in [5.41, 5.74) is 2.53. The van der Waals surface area contributed by atoms with Crippen LogP contribution < -0.4 is 15.4 Å². The molecule has 0 saturated carbocycles. The predicted molar refractivity (Wildman–Crippen MR) is 137 cm³/mol. The van der Waals surface area contributed by atoms with Gasteiger partial charge in [-0.05, 0) is 73.1 Å². The van der Waals surface area contributed by atoms with Crippen LogP contribution in [0.4, 0.5) is 8.78 Å². The summed E-state index contributed by atoms with van der Waals surface area (Å²) in [7, 11) is 0. The number of hydrogen-bond donors (Lipinski definition) is 3. The summed E-state index contributed by atoms with van der Waals surface area (Å²) in [6.45, 7) is 3.34. The molecule has 1 aliphatic heterocycles. The number of carbonyl (C=O) groups is 1. The molecule has 8 heteroatoms. The number of benzene rings is 2. The molecule has 37 heavy (non-hydrogen) atoms. The zero-order chi connectivity index (χ0) is 26.2. The van der Waals surface area contributed by atoms with Crippen LogP contribution in [0.5, 0.6) is 5.75 Å². The third-order valence-corrected chi connectivity index (χ3v) is 6.80. The molecule has 2 aromatic carbocycles. The summed E-state index contributed by atoms with van der Waals surface area (Å²) >= 11 is 0. The van der Waals surface area contributed by atoms with Crippen molar-refractivity contribution in [1.29, 1.82) is 0 Å². The van der Waals surface area contributed by atoms with Gasteiger partial charge in [-0.25, -0.2) is 8.78 Å². The van der Waals surface area contributed by atoms with E-state index in [-0.39, 0.29) is 37.4 Å². The van der Waals surface area contributed by atoms with Crippen molar-refractivity contribution in [3.8, 4) is 5.75 Å². The Hall–Kier alpha value is -2.81. The largest absolute Gasteiger partial charge is 0.494 e. The third kappa shape index (κ3) is 7.60. The Kier molecular flexibility index (Phi) is 9.66. The molecule has 0 unspecified atom stereocenters. The van der Waals surface area contributed by atoms with E-state index in [4.69, 9.17) is 9.47 Å². The lowest BCUT2D eigenvalue weighted by Gasteiger charge is -2.26. The van der Waals surface area contributed by atoms with Crippen molar-refractivity contribution in [2.75, 3.05) is 19.8 Å². The highest BCUT2D eigenvalue weighted by atomic mass is 19.1. The first-order valence-corrected chi connectivity index (χ1v) is 13.1. The Bertz CT molecular complexity index is 1070. The first kappa shape index (κ1) is 27.2. The van der Waals surface area contributed by atoms with Gasteiger partial charge in [0, 0.05) is 25.1 Å². The summed E-state index contributed by atoms with van der Waals surface area (Å²) < 4.78 is 39.6. The number of fused-ring (bicyclic) bond motifs is 5. The molecule has 2 aromatic rings. The van der Waals surface area contributed by atoms with Gasteiger partial charge in [-0.1, -0.05) is 25.1 Å². The molecule has 2 aliphatic rings. The van der Waals surface area contributed by atoms with Crippen LogP contribution in [0.1, 0.15) is 67.9 Å². The van der Waals surface area contributed by atoms with E-state index in [9.17, 15) is 18.7 Å². The SMILES string of the molecule is CCCOc1ccc2c(c1)[C@@H]1C[C@H]2OC/C=C/CCCC(=O)N[C@@H](Cc2cc(F)cc(F)c2)[C@H](O)CN1. The second-order valence-corrected chi connectivity index (χ2v) is 9.74. The van der Waals surface area contributed by atoms with Crippen LogP contribution in [0.3, 0.4) is 0 Å². The van der Waals surface area contributed by atoms with Crippen molar-refractivity contribution in [2.24, 2.45) is 0 Å². The molecule has 1 amide bonds. The van der Waals surface area contributed by atoms with E-state index in [1.54, 1.807) is 0 Å². The molecule has 2 bridgehead atoms. The lowest BCUT2D eigenvalue weighted by atomic mass is 9.99. The minimum atomic E-state index is -0.981. The van der Waals surface area contributed by atoms with E-state index < -0.39 is 23.8 Å². The Balaban J connectivity index is 1.55. The number of nitrogens with one attached hydrogen (secondary N) is 2. The van der Waals surface area contributed by atoms with E-state index in [2.05, 4.69) is 17.6 Å². The Morgan fingerprint density at radius 3 is 2.70 bits per heavy atom. The highest BCUT2D eigenvalue weighted by Gasteiger charge is 2.33. The number of aliphatic hydroxyl groups excluding tert-OH is 1. The highest BCUT2D eigenvalue weighted by Crippen LogP contribution is 2.42. The average Bonchev–Trinajstić information content (AvgIpc) is 3.20. The van der Waals surface area contributed by atoms with Crippen LogP contribution in [0.2, 0.25) is 0 Å². The van der Waals surface area contributed by atoms with E-state index in [0.717, 1.165) is 35.8 Å². The van der Waals surface area contributed by atoms with Crippen LogP contribution in [0.25, 0.3) is 0 Å². The smallest absolute Gasteiger partial charge is 0.220 e. The maximum absolute atomic E-state index is 13.8. The van der Waals surface area contributed by atoms with Gasteiger partial charge in [0.05, 0.1) is 31.5 Å². The molecule has 3 N–H and O–H groups in total. The Labute approximate surface area is 217 Å². The number of amides is 1. The van der Waals surface area contributed by atoms with Crippen LogP contribution in [0, 0.1) is 11.6 Å². The number of hydrogen-bond acceptors (Lipinski definition) is 5. The van der Waals surface area contributed by atoms with E-state index in [1.165, 1.54) is 12.1 Å². The standard InChI is InChI=1S/C29H36F2N2O4/c1-2-10-36-22-8-9-23-24(16-22)25-17-28(23)37-11-6-4-3-5-7-29(35)33-26(27(34)18-32-25)14-19-12-20(30)15-21(31)13-19/h4,6,8-9,12-13,15-16,25-28,32,34H,2-3,5,7,10-11,14,17-18H2,1H3,(H,33,35)/b6-4+/t25-,26-,27+,28+/m0/s1. The average molecular weight is 515 g/mol. The van der Waals surface area contributed by atoms with Gasteiger partial charge in [0.2, 0.25) is 5.91 Å². The molecule has 0 radical (unpaired) electrons. The maximum Gasteiger partial charge on any atom is 0.220 e. The van der Waals surface area contributed by atoms with Gasteiger partial charge in [0.15, 0.2) is 0 Å². The molecule has 1 aliphatic carbocycles. The molecule has 6 nitrogen and oxygen atoms in total. The molecular weight excluding hydrogens is 478 g/mol. The second kappa shape index (κ2) is 13.1. The number of allylic oxidation sites excluding steroid dienone is 1. The maximum atomic E-state index is 13.8. The van der Waals surface area contributed by atoms with Crippen molar-refractivity contribution in [1.82, 2.24) is 10.6 Å². The third-order valence-electron chi connectivity index (χ3n) is 6.80. The van der Waals surface area contributed by atoms with Gasteiger partial charge in [-0.3, -0.25) is 4.79 Å². The second-order valence-electron chi connectivity index (χ2n) is 9.74. The molecule has 1 heterocycles. The van der Waals surface area contributed by atoms with E-state index in [1.807, 2.05) is 30.4 Å². The summed E-state index contributed by atoms with van der Waals surface area (Å²) in [4.78, 5) is 12.6. The lowest BCUT2D eigenvalue weighted by Crippen LogP contribution is -2.49. The van der Waals surface area contributed by atoms with Crippen LogP contribution >= 0.6 is 0 Å². The van der Waals surface area contributed by atoms with Gasteiger partial charge in [-0.15, -0.1) is 0 Å². The summed E-state index contributed by atoms with van der Waals surface area (Å²) in [6.07, 6.45) is 6.28. The first-order valence-electron chi connectivity index (χ1n) is 13.1. The minimum Gasteiger partial charge on any atom is -0.494 e. The number of halogens is 2. The predicted octanol–water partition coefficient (Wildman–Crippen LogP) is 4.67. The molecule has 0 aromatic heterocycles. The van der Waals surface area contributed by atoms with Crippen molar-refractivity contribution in [2.45, 2.75) is 69.7 Å². The number of aliphatic hydroxyl groups is 1. The summed E-state index contributed by atoms with van der Waals surface area (Å²) in [6, 6.07) is 8.50. The highest BCUT2D eigenvalue weighted by molar-refractivity contribution is 5.76. The Morgan fingerprint density at radius 2 is 1.92 bits per heavy atom. The van der Waals surface area contributed by atoms with E-state index >= 15 is 0 Å². The van der Waals surface area contributed by atoms with Crippen LogP contribution in [-0.2, 0) is 16.0 Å². The molecule has 0 saturated heterocycles. The number of ether oxygens (including phenoxy) is 2. The number of carbonyl (C=O) groups excluding carboxylic acids is 1. The van der Waals surface area contributed by atoms with Crippen molar-refractivity contribution in [3.05, 3.63) is 76.9 Å². The molecule has 200 valence electrons. The fourth-order valence-electron chi connectivity index (χ4n) is 4.96. The summed E-state index contributed by atoms with van der Waals surface area (Å²) in [5.74, 6) is -0.799. The van der Waals surface area contributed by atoms with Crippen LogP contribution in [-0.4, -0.2) is 42.9 Å². The zero-order valence-electron chi connectivity index (χ0n) is 21.2. The summed E-state index contributed by atoms with van der Waals surface area (Å²) in [5, 5.41) is 17.4. The van der Waals surface area contributed by atoms with E-state index in [0.29, 0.717) is 31.6 Å². The van der Waals surface area contributed by atoms with Gasteiger partial charge in [0.25, 0.3) is 0 Å². The first-order chi connectivity index (χ1) is 17.9. The molecule has 0 spiro atoms. The van der Waals surface area contributed by atoms with Crippen LogP contribution in [0.15, 0.2) is 48.6 Å². The number of β-amino-alcohol motifs (C(OH)–C–C–N with tert-alkyl or cyclic N) is 1. The normalized spacial score (nSPS) is 25.8. The molecule has 4 rings (SSSR count). The van der Waals surface area contributed by atoms with Gasteiger partial charge in [0.1, 0.15) is 17.4 Å². The lowest BCUT2D eigenvalue weighted by molar-refractivity contribution is -0.122. The molecule has 4 atom stereocenters. The van der Waals surface area contributed by atoms with Gasteiger partial charge >= 0.3 is 0 Å².